The van der Waals surface area contributed by atoms with Gasteiger partial charge in [-0.1, -0.05) is 505 Å². The van der Waals surface area contributed by atoms with Gasteiger partial charge in [0.2, 0.25) is 0 Å². The number of unbranched alkanes of at least 4 members (excludes halogenated alkanes) is 67. The summed E-state index contributed by atoms with van der Waals surface area (Å²) < 4.78 is 1.56. The Morgan fingerprint density at radius 1 is 0.149 bits per heavy atom. The van der Waals surface area contributed by atoms with E-state index in [2.05, 4.69) is 62.3 Å². The predicted molar refractivity (Wildman–Crippen MR) is 467 cm³/mol. The molecular weight excluding hydrogens is 1220 g/mol. The summed E-state index contributed by atoms with van der Waals surface area (Å²) in [7, 11) is 0. The molecule has 0 radical (unpaired) electrons. The normalized spacial score (nSPS) is 12.7. The van der Waals surface area contributed by atoms with E-state index in [1.807, 2.05) is 0 Å². The van der Waals surface area contributed by atoms with Crippen molar-refractivity contribution in [2.24, 2.45) is 11.3 Å². The van der Waals surface area contributed by atoms with Crippen LogP contribution in [-0.4, -0.2) is 29.7 Å². The van der Waals surface area contributed by atoms with Gasteiger partial charge in [0, 0.05) is 18.8 Å². The van der Waals surface area contributed by atoms with Crippen molar-refractivity contribution in [1.29, 1.82) is 0 Å². The van der Waals surface area contributed by atoms with Crippen LogP contribution in [0.5, 0.6) is 0 Å². The Balaban J connectivity index is 7.86. The van der Waals surface area contributed by atoms with Gasteiger partial charge in [0.1, 0.15) is 5.54 Å². The van der Waals surface area contributed by atoms with E-state index in [1.54, 1.807) is 55.8 Å². The first kappa shape index (κ1) is 101. The highest BCUT2D eigenvalue weighted by Crippen LogP contribution is 2.49. The van der Waals surface area contributed by atoms with Crippen LogP contribution in [0.1, 0.15) is 608 Å². The zero-order valence-electron chi connectivity index (χ0n) is 73.2. The van der Waals surface area contributed by atoms with Gasteiger partial charge in [0.25, 0.3) is 0 Å². The van der Waals surface area contributed by atoms with E-state index >= 15 is 0 Å². The highest BCUT2D eigenvalue weighted by Gasteiger charge is 2.53. The molecule has 0 N–H and O–H groups in total. The zero-order chi connectivity index (χ0) is 73.3. The van der Waals surface area contributed by atoms with Gasteiger partial charge in [-0.2, -0.15) is 0 Å². The fourth-order valence-corrected chi connectivity index (χ4v) is 19.5. The van der Waals surface area contributed by atoms with E-state index in [9.17, 15) is 0 Å². The number of quaternary nitrogens is 1. The maximum Gasteiger partial charge on any atom is 0.102 e. The molecule has 0 spiro atoms. The Hall–Kier alpha value is -0.0400. The first-order valence-electron chi connectivity index (χ1n) is 49.8. The van der Waals surface area contributed by atoms with Crippen LogP contribution < -0.4 is 0 Å². The lowest BCUT2D eigenvalue weighted by Crippen LogP contribution is -2.68. The highest BCUT2D eigenvalue weighted by molar-refractivity contribution is 4.92. The van der Waals surface area contributed by atoms with E-state index in [0.717, 1.165) is 5.92 Å². The first-order chi connectivity index (χ1) is 49.9. The first-order valence-corrected chi connectivity index (χ1v) is 49.8. The average molecular weight is 1420 g/mol. The van der Waals surface area contributed by atoms with E-state index in [4.69, 9.17) is 0 Å². The van der Waals surface area contributed by atoms with Crippen molar-refractivity contribution >= 4 is 0 Å². The Morgan fingerprint density at radius 3 is 0.465 bits per heavy atom. The summed E-state index contributed by atoms with van der Waals surface area (Å²) in [5.74, 6) is 0.895. The third-order valence-electron chi connectivity index (χ3n) is 26.3. The fourth-order valence-electron chi connectivity index (χ4n) is 19.5. The molecule has 0 aromatic rings. The third kappa shape index (κ3) is 62.4. The molecule has 0 aliphatic carbocycles. The summed E-state index contributed by atoms with van der Waals surface area (Å²) in [6.45, 7) is 26.2. The number of hydrogen-bond acceptors (Lipinski definition) is 0. The monoisotopic (exact) mass is 1420 g/mol. The van der Waals surface area contributed by atoms with Crippen molar-refractivity contribution in [2.45, 2.75) is 614 Å². The van der Waals surface area contributed by atoms with Gasteiger partial charge in [0.15, 0.2) is 0 Å². The number of nitrogens with zero attached hydrogens (tertiary/aromatic N) is 1. The summed E-state index contributed by atoms with van der Waals surface area (Å²) in [5, 5.41) is 0. The molecule has 0 aliphatic rings. The molecule has 1 atom stereocenters. The molecule has 0 amide bonds. The smallest absolute Gasteiger partial charge is 0.102 e. The van der Waals surface area contributed by atoms with Crippen LogP contribution in [0.15, 0.2) is 0 Å². The topological polar surface area (TPSA) is 0 Å². The molecule has 0 rings (SSSR count). The molecule has 1 heteroatoms. The van der Waals surface area contributed by atoms with E-state index in [-0.39, 0.29) is 0 Å². The van der Waals surface area contributed by atoms with Crippen LogP contribution in [0, 0.1) is 11.3 Å². The van der Waals surface area contributed by atoms with E-state index in [1.165, 1.54) is 514 Å². The van der Waals surface area contributed by atoms with E-state index in [0.29, 0.717) is 11.0 Å². The van der Waals surface area contributed by atoms with Crippen LogP contribution in [0.3, 0.4) is 0 Å². The van der Waals surface area contributed by atoms with Gasteiger partial charge in [-0.15, -0.1) is 0 Å². The summed E-state index contributed by atoms with van der Waals surface area (Å²) in [5.41, 5.74) is 1.05. The molecule has 0 aromatic carbocycles. The van der Waals surface area contributed by atoms with Gasteiger partial charge in [-0.05, 0) is 95.3 Å². The van der Waals surface area contributed by atoms with Gasteiger partial charge in [0.05, 0.1) is 19.6 Å². The number of rotatable bonds is 91. The standard InChI is InChI=1S/C100H204N/c1-10-19-28-37-46-55-65-76-87-98(88-77-66-64-70-81-92-99(89-78-67-56-47-38-29-20-11-2,90-79-68-57-48-39-30-21-12-3)91-80-69-58-49-40-31-22-13-4)100(93-82-71-59-50-41-32-23-14-5,94-83-72-60-51-42-33-24-15-6)101(95-84-73-61-52-43-34-25-16-7,96-85-74-62-53-44-35-26-17-8)97-86-75-63-54-45-36-27-18-9/h98H,10-97H2,1-9H3/q+1. The van der Waals surface area contributed by atoms with Crippen molar-refractivity contribution in [1.82, 2.24) is 0 Å². The maximum absolute atomic E-state index is 2.41. The quantitative estimate of drug-likeness (QED) is 0.0421. The fraction of sp³-hybridized carbons (Fsp3) is 1.00. The molecule has 0 bridgehead atoms. The summed E-state index contributed by atoms with van der Waals surface area (Å²) in [6.07, 6.45) is 126. The van der Waals surface area contributed by atoms with Crippen molar-refractivity contribution in [3.8, 4) is 0 Å². The molecule has 0 saturated carbocycles. The Kier molecular flexibility index (Phi) is 82.4. The highest BCUT2D eigenvalue weighted by atomic mass is 15.4. The SMILES string of the molecule is CCCCCCCCCCC(CCCCCCCC(CCCCCCCCCC)(CCCCCCCCCC)CCCCCCCCCC)C(CCCCCCCCCC)(CCCCCCCCCC)[N+](CCCCCCCCCC)(CCCCCCCCCC)CCCCCCCCCC. The van der Waals surface area contributed by atoms with Crippen LogP contribution >= 0.6 is 0 Å². The average Bonchev–Trinajstić information content (AvgIpc) is 0.751. The summed E-state index contributed by atoms with van der Waals surface area (Å²) in [4.78, 5) is 0. The Labute approximate surface area is 645 Å². The minimum absolute atomic E-state index is 0.440. The minimum atomic E-state index is 0.440. The van der Waals surface area contributed by atoms with Gasteiger partial charge in [-0.25, -0.2) is 0 Å². The molecule has 0 heterocycles. The van der Waals surface area contributed by atoms with Crippen molar-refractivity contribution in [2.75, 3.05) is 19.6 Å². The second-order valence-corrected chi connectivity index (χ2v) is 35.7. The molecule has 1 nitrogen and oxygen atoms in total. The molecule has 0 aromatic heterocycles. The lowest BCUT2D eigenvalue weighted by Gasteiger charge is -2.58. The molecule has 0 saturated heterocycles. The van der Waals surface area contributed by atoms with Gasteiger partial charge >= 0.3 is 0 Å². The molecule has 1 unspecified atom stereocenters. The second-order valence-electron chi connectivity index (χ2n) is 35.7. The Bertz CT molecular complexity index is 1360. The van der Waals surface area contributed by atoms with Gasteiger partial charge < -0.3 is 4.48 Å². The maximum atomic E-state index is 2.41. The zero-order valence-corrected chi connectivity index (χ0v) is 73.2. The van der Waals surface area contributed by atoms with Crippen molar-refractivity contribution in [3.05, 3.63) is 0 Å². The minimum Gasteiger partial charge on any atom is -0.319 e. The van der Waals surface area contributed by atoms with E-state index < -0.39 is 0 Å². The van der Waals surface area contributed by atoms with Gasteiger partial charge in [-0.3, -0.25) is 0 Å². The summed E-state index contributed by atoms with van der Waals surface area (Å²) >= 11 is 0. The van der Waals surface area contributed by atoms with Crippen LogP contribution in [0.25, 0.3) is 0 Å². The van der Waals surface area contributed by atoms with Crippen LogP contribution in [-0.2, 0) is 0 Å². The molecular formula is C100H204N+. The second kappa shape index (κ2) is 82.5. The van der Waals surface area contributed by atoms with Crippen LogP contribution in [0.2, 0.25) is 0 Å². The molecule has 608 valence electrons. The molecule has 0 aliphatic heterocycles. The molecule has 101 heavy (non-hydrogen) atoms. The van der Waals surface area contributed by atoms with Crippen molar-refractivity contribution < 1.29 is 4.48 Å². The van der Waals surface area contributed by atoms with Crippen molar-refractivity contribution in [3.63, 3.8) is 0 Å². The Morgan fingerprint density at radius 2 is 0.287 bits per heavy atom. The third-order valence-corrected chi connectivity index (χ3v) is 26.3. The number of hydrogen-bond donors (Lipinski definition) is 0. The largest absolute Gasteiger partial charge is 0.319 e. The summed E-state index contributed by atoms with van der Waals surface area (Å²) in [6, 6.07) is 0. The lowest BCUT2D eigenvalue weighted by atomic mass is 9.68. The molecule has 0 fully saturated rings. The lowest BCUT2D eigenvalue weighted by molar-refractivity contribution is -0.982. The predicted octanol–water partition coefficient (Wildman–Crippen LogP) is 37.5. The van der Waals surface area contributed by atoms with Crippen LogP contribution in [0.4, 0.5) is 0 Å².